The van der Waals surface area contributed by atoms with Crippen molar-refractivity contribution < 1.29 is 4.79 Å². The van der Waals surface area contributed by atoms with Gasteiger partial charge in [-0.25, -0.2) is 0 Å². The minimum atomic E-state index is -0.967. The van der Waals surface area contributed by atoms with E-state index in [1.165, 1.54) is 0 Å². The number of alkyl halides is 2. The minimum Gasteiger partial charge on any atom is -0.349 e. The molecule has 0 aliphatic heterocycles. The molecule has 1 aromatic carbocycles. The molecule has 1 saturated carbocycles. The molecule has 1 aliphatic carbocycles. The molecule has 3 atom stereocenters. The van der Waals surface area contributed by atoms with Gasteiger partial charge in [-0.1, -0.05) is 37.6 Å². The van der Waals surface area contributed by atoms with Gasteiger partial charge in [0.15, 0.2) is 0 Å². The lowest BCUT2D eigenvalue weighted by Crippen LogP contribution is -2.36. The Labute approximate surface area is 134 Å². The first-order chi connectivity index (χ1) is 9.27. The monoisotopic (exact) mass is 333 g/mol. The molecule has 2 nitrogen and oxygen atoms in total. The highest BCUT2D eigenvalue weighted by atomic mass is 35.5. The Morgan fingerprint density at radius 3 is 2.25 bits per heavy atom. The Morgan fingerprint density at radius 1 is 1.35 bits per heavy atom. The molecule has 1 amide bonds. The van der Waals surface area contributed by atoms with Gasteiger partial charge >= 0.3 is 0 Å². The number of rotatable bonds is 4. The number of benzene rings is 1. The molecule has 110 valence electrons. The van der Waals surface area contributed by atoms with Gasteiger partial charge in [-0.05, 0) is 31.0 Å². The zero-order valence-corrected chi connectivity index (χ0v) is 14.0. The van der Waals surface area contributed by atoms with Crippen LogP contribution in [0.3, 0.4) is 0 Å². The average molecular weight is 335 g/mol. The predicted octanol–water partition coefficient (Wildman–Crippen LogP) is 4.74. The van der Waals surface area contributed by atoms with E-state index in [0.717, 1.165) is 5.56 Å². The van der Waals surface area contributed by atoms with Crippen LogP contribution < -0.4 is 5.32 Å². The van der Waals surface area contributed by atoms with Gasteiger partial charge in [0.1, 0.15) is 4.33 Å². The van der Waals surface area contributed by atoms with Gasteiger partial charge in [-0.3, -0.25) is 4.79 Å². The van der Waals surface area contributed by atoms with Crippen molar-refractivity contribution in [2.24, 2.45) is 11.3 Å². The highest BCUT2D eigenvalue weighted by Gasteiger charge is 2.76. The van der Waals surface area contributed by atoms with Gasteiger partial charge in [0, 0.05) is 10.9 Å². The van der Waals surface area contributed by atoms with Crippen LogP contribution in [0.1, 0.15) is 38.8 Å². The average Bonchev–Trinajstić information content (AvgIpc) is 2.84. The SMILES string of the molecule is CCC1(C(=O)NC(C)c2ccc(Cl)cc2)[C@H](C)C1(Cl)Cl. The first-order valence-electron chi connectivity index (χ1n) is 6.71. The van der Waals surface area contributed by atoms with E-state index in [0.29, 0.717) is 11.4 Å². The topological polar surface area (TPSA) is 29.1 Å². The third-order valence-electron chi connectivity index (χ3n) is 4.47. The number of hydrogen-bond donors (Lipinski definition) is 1. The maximum Gasteiger partial charge on any atom is 0.230 e. The predicted molar refractivity (Wildman–Crippen MR) is 84.3 cm³/mol. The first-order valence-corrected chi connectivity index (χ1v) is 7.85. The lowest BCUT2D eigenvalue weighted by Gasteiger charge is -2.20. The second-order valence-electron chi connectivity index (χ2n) is 5.42. The number of carbonyl (C=O) groups excluding carboxylic acids is 1. The zero-order chi connectivity index (χ0) is 15.1. The summed E-state index contributed by atoms with van der Waals surface area (Å²) in [5.41, 5.74) is 0.314. The number of carbonyl (C=O) groups is 1. The lowest BCUT2D eigenvalue weighted by molar-refractivity contribution is -0.127. The Kier molecular flexibility index (Phi) is 4.30. The standard InChI is InChI=1S/C15H18Cl3NO/c1-4-14(10(3)15(14,17)18)13(20)19-9(2)11-5-7-12(16)8-6-11/h5-10H,4H2,1-3H3,(H,19,20)/t9?,10-,14?/m0/s1. The molecule has 2 unspecified atom stereocenters. The van der Waals surface area contributed by atoms with E-state index in [9.17, 15) is 4.79 Å². The molecule has 5 heteroatoms. The summed E-state index contributed by atoms with van der Waals surface area (Å²) in [6, 6.07) is 7.30. The number of hydrogen-bond acceptors (Lipinski definition) is 1. The molecule has 1 N–H and O–H groups in total. The van der Waals surface area contributed by atoms with Gasteiger partial charge in [0.05, 0.1) is 11.5 Å². The van der Waals surface area contributed by atoms with Crippen LogP contribution in [0.2, 0.25) is 5.02 Å². The third-order valence-corrected chi connectivity index (χ3v) is 6.06. The van der Waals surface area contributed by atoms with Crippen molar-refractivity contribution in [1.29, 1.82) is 0 Å². The molecule has 0 heterocycles. The molecular weight excluding hydrogens is 317 g/mol. The van der Waals surface area contributed by atoms with Crippen LogP contribution in [0.4, 0.5) is 0 Å². The summed E-state index contributed by atoms with van der Waals surface area (Å²) in [7, 11) is 0. The molecule has 0 aromatic heterocycles. The molecule has 0 spiro atoms. The maximum absolute atomic E-state index is 12.5. The Morgan fingerprint density at radius 2 is 1.85 bits per heavy atom. The Bertz CT molecular complexity index is 514. The molecule has 0 bridgehead atoms. The van der Waals surface area contributed by atoms with Gasteiger partial charge in [-0.2, -0.15) is 0 Å². The Hall–Kier alpha value is -0.440. The summed E-state index contributed by atoms with van der Waals surface area (Å²) in [5, 5.41) is 3.68. The van der Waals surface area contributed by atoms with Gasteiger partial charge < -0.3 is 5.32 Å². The van der Waals surface area contributed by atoms with E-state index >= 15 is 0 Å². The van der Waals surface area contributed by atoms with Gasteiger partial charge in [-0.15, -0.1) is 23.2 Å². The molecule has 0 saturated heterocycles. The third kappa shape index (κ3) is 2.32. The highest BCUT2D eigenvalue weighted by Crippen LogP contribution is 2.70. The van der Waals surface area contributed by atoms with Crippen LogP contribution in [-0.4, -0.2) is 10.2 Å². The molecule has 20 heavy (non-hydrogen) atoms. The lowest BCUT2D eigenvalue weighted by atomic mass is 9.98. The van der Waals surface area contributed by atoms with E-state index in [1.54, 1.807) is 0 Å². The van der Waals surface area contributed by atoms with Crippen molar-refractivity contribution >= 4 is 40.7 Å². The zero-order valence-electron chi connectivity index (χ0n) is 11.7. The summed E-state index contributed by atoms with van der Waals surface area (Å²) in [4.78, 5) is 12.5. The van der Waals surface area contributed by atoms with Crippen molar-refractivity contribution in [3.05, 3.63) is 34.9 Å². The molecule has 1 aromatic rings. The van der Waals surface area contributed by atoms with Gasteiger partial charge in [0.25, 0.3) is 0 Å². The minimum absolute atomic E-state index is 0.0410. The second kappa shape index (κ2) is 5.40. The van der Waals surface area contributed by atoms with E-state index in [4.69, 9.17) is 34.8 Å². The van der Waals surface area contributed by atoms with Crippen LogP contribution in [0.15, 0.2) is 24.3 Å². The van der Waals surface area contributed by atoms with E-state index in [1.807, 2.05) is 45.0 Å². The van der Waals surface area contributed by atoms with Crippen molar-refractivity contribution in [3.63, 3.8) is 0 Å². The van der Waals surface area contributed by atoms with Crippen LogP contribution in [0.25, 0.3) is 0 Å². The summed E-state index contributed by atoms with van der Waals surface area (Å²) in [6.45, 7) is 5.78. The van der Waals surface area contributed by atoms with Gasteiger partial charge in [0.2, 0.25) is 5.91 Å². The smallest absolute Gasteiger partial charge is 0.230 e. The van der Waals surface area contributed by atoms with Crippen LogP contribution in [0, 0.1) is 11.3 Å². The quantitative estimate of drug-likeness (QED) is 0.792. The fourth-order valence-corrected chi connectivity index (χ4v) is 4.01. The van der Waals surface area contributed by atoms with Crippen molar-refractivity contribution in [2.75, 3.05) is 0 Å². The van der Waals surface area contributed by atoms with Crippen molar-refractivity contribution in [3.8, 4) is 0 Å². The molecule has 1 fully saturated rings. The summed E-state index contributed by atoms with van der Waals surface area (Å²) < 4.78 is -0.967. The molecular formula is C15H18Cl3NO. The number of halogens is 3. The van der Waals surface area contributed by atoms with Crippen molar-refractivity contribution in [2.45, 2.75) is 37.6 Å². The summed E-state index contributed by atoms with van der Waals surface area (Å²) in [6.07, 6.45) is 0.625. The normalized spacial score (nSPS) is 28.8. The van der Waals surface area contributed by atoms with E-state index in [2.05, 4.69) is 5.32 Å². The Balaban J connectivity index is 2.11. The largest absolute Gasteiger partial charge is 0.349 e. The number of nitrogens with one attached hydrogen (secondary N) is 1. The molecule has 0 radical (unpaired) electrons. The highest BCUT2D eigenvalue weighted by molar-refractivity contribution is 6.53. The van der Waals surface area contributed by atoms with Crippen LogP contribution in [-0.2, 0) is 4.79 Å². The summed E-state index contributed by atoms with van der Waals surface area (Å²) >= 11 is 18.4. The maximum atomic E-state index is 12.5. The fraction of sp³-hybridized carbons (Fsp3) is 0.533. The number of amides is 1. The van der Waals surface area contributed by atoms with E-state index < -0.39 is 9.75 Å². The fourth-order valence-electron chi connectivity index (χ4n) is 2.85. The second-order valence-corrected chi connectivity index (χ2v) is 7.24. The summed E-state index contributed by atoms with van der Waals surface area (Å²) in [5.74, 6) is -0.124. The van der Waals surface area contributed by atoms with Crippen LogP contribution >= 0.6 is 34.8 Å². The van der Waals surface area contributed by atoms with Crippen LogP contribution in [0.5, 0.6) is 0 Å². The first kappa shape index (κ1) is 15.9. The molecule has 1 aliphatic rings. The van der Waals surface area contributed by atoms with E-state index in [-0.39, 0.29) is 17.9 Å². The van der Waals surface area contributed by atoms with Crippen molar-refractivity contribution in [1.82, 2.24) is 5.32 Å². The molecule has 2 rings (SSSR count).